The second-order valence-corrected chi connectivity index (χ2v) is 22.0. The molecule has 4 aromatic rings. The molecule has 0 bridgehead atoms. The molecule has 0 spiro atoms. The Morgan fingerprint density at radius 3 is 1.32 bits per heavy atom. The van der Waals surface area contributed by atoms with E-state index in [0.29, 0.717) is 43.2 Å². The zero-order valence-corrected chi connectivity index (χ0v) is 42.6. The van der Waals surface area contributed by atoms with Crippen LogP contribution < -0.4 is 0 Å². The molecule has 10 heteroatoms. The summed E-state index contributed by atoms with van der Waals surface area (Å²) in [7, 11) is 0. The Morgan fingerprint density at radius 1 is 0.446 bits per heavy atom. The van der Waals surface area contributed by atoms with Crippen LogP contribution >= 0.6 is 0 Å². The average molecular weight is 892 g/mol. The zero-order chi connectivity index (χ0) is 49.5. The van der Waals surface area contributed by atoms with Gasteiger partial charge in [-0.3, -0.25) is 38.9 Å². The largest absolute Gasteiger partial charge is 0.299 e. The van der Waals surface area contributed by atoms with Crippen molar-refractivity contribution >= 4 is 28.9 Å². The van der Waals surface area contributed by atoms with Crippen LogP contribution in [0.15, 0.2) is 91.6 Å². The summed E-state index contributed by atoms with van der Waals surface area (Å²) in [6.07, 6.45) is 17.3. The van der Waals surface area contributed by atoms with E-state index in [1.165, 1.54) is 32.1 Å². The number of carbonyl (C=O) groups excluding carboxylic acids is 5. The molecule has 356 valence electrons. The van der Waals surface area contributed by atoms with Crippen LogP contribution in [0.5, 0.6) is 0 Å². The molecule has 0 amide bonds. The first kappa shape index (κ1) is 57.9. The second-order valence-electron chi connectivity index (χ2n) is 22.0. The van der Waals surface area contributed by atoms with Crippen LogP contribution in [0.1, 0.15) is 165 Å². The first-order chi connectivity index (χ1) is 30.0. The van der Waals surface area contributed by atoms with E-state index in [4.69, 9.17) is 0 Å². The van der Waals surface area contributed by atoms with Gasteiger partial charge in [-0.1, -0.05) is 172 Å². The Kier molecular flexibility index (Phi) is 24.4. The van der Waals surface area contributed by atoms with Crippen LogP contribution in [0, 0.1) is 33.0 Å². The third kappa shape index (κ3) is 26.4. The van der Waals surface area contributed by atoms with Gasteiger partial charge >= 0.3 is 0 Å². The Bertz CT molecular complexity index is 1740. The molecule has 1 aliphatic rings. The molecule has 3 heterocycles. The molecular formula is C55H81N5O5. The standard InChI is InChI=1S/C12H22O.C12H16O.C11H15NO.2C10H14N2O/c2*1-12(2,3)11(13)9-10-7-5-4-6-8-10;1-11(2,3)10(13)8-9-6-4-5-7-12-9;1-10(2,3)9(13)6-8-7-11-4-5-12-8;1-10(2,3)9(13)7-8-5-4-6-11-12-8/h10H,4-9H2,1-3H3;4-8H,9H2,1-3H3;4-7H,8H2,1-3H3;4-5,7H,6H2,1-3H3;4-6H,7H2,1-3H3. The molecule has 1 saturated carbocycles. The highest BCUT2D eigenvalue weighted by Gasteiger charge is 2.26. The summed E-state index contributed by atoms with van der Waals surface area (Å²) in [4.78, 5) is 70.2. The van der Waals surface area contributed by atoms with Gasteiger partial charge in [-0.2, -0.15) is 10.2 Å². The molecule has 0 saturated heterocycles. The number of benzene rings is 1. The highest BCUT2D eigenvalue weighted by molar-refractivity contribution is 5.87. The lowest BCUT2D eigenvalue weighted by Gasteiger charge is -2.24. The highest BCUT2D eigenvalue weighted by Crippen LogP contribution is 2.30. The van der Waals surface area contributed by atoms with Crippen LogP contribution in [0.25, 0.3) is 0 Å². The Labute approximate surface area is 392 Å². The zero-order valence-electron chi connectivity index (χ0n) is 42.6. The first-order valence-corrected chi connectivity index (χ1v) is 23.1. The maximum absolute atomic E-state index is 11.7. The predicted molar refractivity (Wildman–Crippen MR) is 263 cm³/mol. The highest BCUT2D eigenvalue weighted by atomic mass is 16.1. The number of Topliss-reactive ketones (excluding diaryl/α,β-unsaturated/α-hetero) is 5. The minimum atomic E-state index is -0.294. The lowest BCUT2D eigenvalue weighted by atomic mass is 9.80. The number of aromatic nitrogens is 5. The smallest absolute Gasteiger partial charge is 0.144 e. The van der Waals surface area contributed by atoms with Crippen molar-refractivity contribution in [2.24, 2.45) is 33.0 Å². The lowest BCUT2D eigenvalue weighted by molar-refractivity contribution is -0.127. The summed E-state index contributed by atoms with van der Waals surface area (Å²) in [6, 6.07) is 19.1. The van der Waals surface area contributed by atoms with Gasteiger partial charge in [-0.05, 0) is 35.7 Å². The third-order valence-corrected chi connectivity index (χ3v) is 10.6. The minimum absolute atomic E-state index is 0.128. The van der Waals surface area contributed by atoms with Crippen LogP contribution in [-0.4, -0.2) is 54.1 Å². The molecule has 1 aromatic carbocycles. The van der Waals surface area contributed by atoms with Crippen molar-refractivity contribution in [3.8, 4) is 0 Å². The van der Waals surface area contributed by atoms with Crippen LogP contribution in [0.2, 0.25) is 0 Å². The van der Waals surface area contributed by atoms with Crippen molar-refractivity contribution in [2.75, 3.05) is 0 Å². The average Bonchev–Trinajstić information content (AvgIpc) is 3.22. The summed E-state index contributed by atoms with van der Waals surface area (Å²) in [5, 5.41) is 7.58. The van der Waals surface area contributed by atoms with Gasteiger partial charge in [0.1, 0.15) is 28.9 Å². The fourth-order valence-corrected chi connectivity index (χ4v) is 5.65. The monoisotopic (exact) mass is 892 g/mol. The number of hydrogen-bond acceptors (Lipinski definition) is 10. The van der Waals surface area contributed by atoms with E-state index < -0.39 is 0 Å². The Hall–Kier alpha value is -5.12. The topological polar surface area (TPSA) is 150 Å². The number of hydrogen-bond donors (Lipinski definition) is 0. The maximum Gasteiger partial charge on any atom is 0.144 e. The molecular weight excluding hydrogens is 811 g/mol. The summed E-state index contributed by atoms with van der Waals surface area (Å²) in [6.45, 7) is 29.2. The molecule has 0 aliphatic heterocycles. The Morgan fingerprint density at radius 2 is 0.892 bits per heavy atom. The number of carbonyl (C=O) groups is 5. The molecule has 0 unspecified atom stereocenters. The van der Waals surface area contributed by atoms with E-state index in [9.17, 15) is 24.0 Å². The van der Waals surface area contributed by atoms with Gasteiger partial charge in [-0.15, -0.1) is 0 Å². The molecule has 65 heavy (non-hydrogen) atoms. The van der Waals surface area contributed by atoms with E-state index in [2.05, 4.69) is 25.1 Å². The fourth-order valence-electron chi connectivity index (χ4n) is 5.65. The number of rotatable bonds is 10. The minimum Gasteiger partial charge on any atom is -0.299 e. The molecule has 1 aliphatic carbocycles. The molecule has 1 fully saturated rings. The second kappa shape index (κ2) is 27.4. The third-order valence-electron chi connectivity index (χ3n) is 10.6. The van der Waals surface area contributed by atoms with E-state index in [-0.39, 0.29) is 44.4 Å². The van der Waals surface area contributed by atoms with Crippen LogP contribution in [-0.2, 0) is 49.7 Å². The van der Waals surface area contributed by atoms with Crippen molar-refractivity contribution in [3.63, 3.8) is 0 Å². The van der Waals surface area contributed by atoms with Crippen molar-refractivity contribution in [2.45, 2.75) is 168 Å². The van der Waals surface area contributed by atoms with E-state index in [1.807, 2.05) is 158 Å². The van der Waals surface area contributed by atoms with Gasteiger partial charge in [0, 0.05) is 83.0 Å². The number of ketones is 5. The number of nitrogens with zero attached hydrogens (tertiary/aromatic N) is 5. The summed E-state index contributed by atoms with van der Waals surface area (Å²) < 4.78 is 0. The van der Waals surface area contributed by atoms with Crippen molar-refractivity contribution in [3.05, 3.63) is 114 Å². The van der Waals surface area contributed by atoms with Gasteiger partial charge < -0.3 is 0 Å². The molecule has 0 N–H and O–H groups in total. The molecule has 3 aromatic heterocycles. The normalized spacial score (nSPS) is 13.1. The van der Waals surface area contributed by atoms with Crippen molar-refractivity contribution in [1.29, 1.82) is 0 Å². The van der Waals surface area contributed by atoms with Crippen molar-refractivity contribution in [1.82, 2.24) is 25.1 Å². The van der Waals surface area contributed by atoms with Crippen molar-refractivity contribution < 1.29 is 24.0 Å². The van der Waals surface area contributed by atoms with E-state index >= 15 is 0 Å². The fraction of sp³-hybridized carbons (Fsp3) is 0.564. The maximum atomic E-state index is 11.7. The van der Waals surface area contributed by atoms with Gasteiger partial charge in [0.05, 0.1) is 24.2 Å². The molecule has 0 radical (unpaired) electrons. The molecule has 10 nitrogen and oxygen atoms in total. The van der Waals surface area contributed by atoms with E-state index in [0.717, 1.165) is 29.1 Å². The van der Waals surface area contributed by atoms with E-state index in [1.54, 1.807) is 37.1 Å². The van der Waals surface area contributed by atoms with Gasteiger partial charge in [-0.25, -0.2) is 0 Å². The van der Waals surface area contributed by atoms with Gasteiger partial charge in [0.2, 0.25) is 0 Å². The quantitative estimate of drug-likeness (QED) is 0.150. The van der Waals surface area contributed by atoms with Crippen LogP contribution in [0.3, 0.4) is 0 Å². The summed E-state index contributed by atoms with van der Waals surface area (Å²) in [5.41, 5.74) is 2.22. The lowest BCUT2D eigenvalue weighted by Crippen LogP contribution is -2.23. The van der Waals surface area contributed by atoms with Gasteiger partial charge in [0.25, 0.3) is 0 Å². The summed E-state index contributed by atoms with van der Waals surface area (Å²) >= 11 is 0. The summed E-state index contributed by atoms with van der Waals surface area (Å²) in [5.74, 6) is 2.03. The SMILES string of the molecule is CC(C)(C)C(=O)CC1CCCCC1.CC(C)(C)C(=O)Cc1ccccc1.CC(C)(C)C(=O)Cc1ccccn1.CC(C)(C)C(=O)Cc1cccnn1.CC(C)(C)C(=O)Cc1cnccn1. The molecule has 0 atom stereocenters. The first-order valence-electron chi connectivity index (χ1n) is 23.1. The molecule has 5 rings (SSSR count). The Balaban J connectivity index is 0.000000406. The van der Waals surface area contributed by atoms with Gasteiger partial charge in [0.15, 0.2) is 0 Å². The van der Waals surface area contributed by atoms with Crippen LogP contribution in [0.4, 0.5) is 0 Å². The predicted octanol–water partition coefficient (Wildman–Crippen LogP) is 11.9. The number of pyridine rings is 1.